The molecule has 0 bridgehead atoms. The van der Waals surface area contributed by atoms with Gasteiger partial charge in [0, 0.05) is 12.1 Å². The fourth-order valence-corrected chi connectivity index (χ4v) is 1.52. The van der Waals surface area contributed by atoms with Gasteiger partial charge in [-0.05, 0) is 46.6 Å². The van der Waals surface area contributed by atoms with Gasteiger partial charge in [0.15, 0.2) is 0 Å². The van der Waals surface area contributed by atoms with Gasteiger partial charge in [-0.25, -0.2) is 0 Å². The van der Waals surface area contributed by atoms with E-state index in [4.69, 9.17) is 4.74 Å². The molecule has 1 fully saturated rings. The Labute approximate surface area is 75.7 Å². The van der Waals surface area contributed by atoms with Crippen LogP contribution in [0.3, 0.4) is 0 Å². The minimum atomic E-state index is 0.270. The lowest BCUT2D eigenvalue weighted by atomic mass is 9.96. The van der Waals surface area contributed by atoms with E-state index in [-0.39, 0.29) is 5.54 Å². The first-order valence-corrected chi connectivity index (χ1v) is 4.94. The molecule has 12 heavy (non-hydrogen) atoms. The zero-order chi connectivity index (χ0) is 9.03. The molecule has 0 amide bonds. The highest BCUT2D eigenvalue weighted by Gasteiger charge is 2.20. The van der Waals surface area contributed by atoms with Crippen LogP contribution in [0.2, 0.25) is 0 Å². The number of hydrogen-bond donors (Lipinski definition) is 1. The minimum Gasteiger partial charge on any atom is -0.378 e. The van der Waals surface area contributed by atoms with Crippen molar-refractivity contribution in [2.24, 2.45) is 0 Å². The Balaban J connectivity index is 2.15. The molecule has 1 aliphatic rings. The molecule has 1 heterocycles. The predicted molar refractivity (Wildman–Crippen MR) is 51.3 cm³/mol. The topological polar surface area (TPSA) is 21.3 Å². The minimum absolute atomic E-state index is 0.270. The molecule has 1 rings (SSSR count). The summed E-state index contributed by atoms with van der Waals surface area (Å²) in [4.78, 5) is 0. The summed E-state index contributed by atoms with van der Waals surface area (Å²) in [6.45, 7) is 5.45. The van der Waals surface area contributed by atoms with Gasteiger partial charge in [0.25, 0.3) is 0 Å². The van der Waals surface area contributed by atoms with Crippen LogP contribution in [0.25, 0.3) is 0 Å². The van der Waals surface area contributed by atoms with Crippen LogP contribution in [0.15, 0.2) is 0 Å². The smallest absolute Gasteiger partial charge is 0.0576 e. The SMILES string of the molecule is CNC(C)(C)CCC1CCCO1. The Morgan fingerprint density at radius 2 is 2.25 bits per heavy atom. The van der Waals surface area contributed by atoms with Crippen molar-refractivity contribution in [2.75, 3.05) is 13.7 Å². The summed E-state index contributed by atoms with van der Waals surface area (Å²) in [6.07, 6.45) is 5.46. The van der Waals surface area contributed by atoms with Crippen molar-refractivity contribution in [3.05, 3.63) is 0 Å². The summed E-state index contributed by atoms with van der Waals surface area (Å²) in [5.74, 6) is 0. The number of ether oxygens (including phenoxy) is 1. The third-order valence-corrected chi connectivity index (χ3v) is 2.79. The van der Waals surface area contributed by atoms with Crippen molar-refractivity contribution in [2.45, 2.75) is 51.2 Å². The quantitative estimate of drug-likeness (QED) is 0.698. The molecule has 1 atom stereocenters. The molecule has 1 aliphatic heterocycles. The summed E-state index contributed by atoms with van der Waals surface area (Å²) < 4.78 is 5.57. The summed E-state index contributed by atoms with van der Waals surface area (Å²) >= 11 is 0. The maximum absolute atomic E-state index is 5.57. The third-order valence-electron chi connectivity index (χ3n) is 2.79. The van der Waals surface area contributed by atoms with E-state index in [0.717, 1.165) is 6.61 Å². The molecular formula is C10H21NO. The van der Waals surface area contributed by atoms with Gasteiger partial charge in [0.1, 0.15) is 0 Å². The zero-order valence-electron chi connectivity index (χ0n) is 8.52. The lowest BCUT2D eigenvalue weighted by molar-refractivity contribution is 0.0959. The van der Waals surface area contributed by atoms with Gasteiger partial charge in [-0.1, -0.05) is 0 Å². The number of rotatable bonds is 4. The molecule has 1 saturated heterocycles. The summed E-state index contributed by atoms with van der Waals surface area (Å²) in [5, 5.41) is 3.31. The number of hydrogen-bond acceptors (Lipinski definition) is 2. The average molecular weight is 171 g/mol. The predicted octanol–water partition coefficient (Wildman–Crippen LogP) is 1.94. The van der Waals surface area contributed by atoms with E-state index in [1.807, 2.05) is 7.05 Å². The zero-order valence-corrected chi connectivity index (χ0v) is 8.52. The van der Waals surface area contributed by atoms with E-state index in [2.05, 4.69) is 19.2 Å². The Morgan fingerprint density at radius 3 is 2.75 bits per heavy atom. The summed E-state index contributed by atoms with van der Waals surface area (Å²) in [5.41, 5.74) is 0.270. The second kappa shape index (κ2) is 4.24. The maximum Gasteiger partial charge on any atom is 0.0576 e. The molecule has 0 spiro atoms. The second-order valence-electron chi connectivity index (χ2n) is 4.31. The highest BCUT2D eigenvalue weighted by molar-refractivity contribution is 4.78. The first-order chi connectivity index (χ1) is 5.64. The van der Waals surface area contributed by atoms with Gasteiger partial charge >= 0.3 is 0 Å². The molecular weight excluding hydrogens is 150 g/mol. The third kappa shape index (κ3) is 3.11. The van der Waals surface area contributed by atoms with Crippen molar-refractivity contribution >= 4 is 0 Å². The molecule has 0 aromatic carbocycles. The van der Waals surface area contributed by atoms with Crippen LogP contribution in [0.5, 0.6) is 0 Å². The molecule has 0 aliphatic carbocycles. The van der Waals surface area contributed by atoms with E-state index in [1.54, 1.807) is 0 Å². The lowest BCUT2D eigenvalue weighted by Crippen LogP contribution is -2.36. The van der Waals surface area contributed by atoms with Gasteiger partial charge < -0.3 is 10.1 Å². The van der Waals surface area contributed by atoms with Gasteiger partial charge in [-0.3, -0.25) is 0 Å². The van der Waals surface area contributed by atoms with E-state index in [0.29, 0.717) is 6.10 Å². The van der Waals surface area contributed by atoms with Crippen molar-refractivity contribution in [3.8, 4) is 0 Å². The molecule has 72 valence electrons. The standard InChI is InChI=1S/C10H21NO/c1-10(2,11-3)7-6-9-5-4-8-12-9/h9,11H,4-8H2,1-3H3. The molecule has 2 heteroatoms. The van der Waals surface area contributed by atoms with Crippen LogP contribution in [0.4, 0.5) is 0 Å². The van der Waals surface area contributed by atoms with Crippen molar-refractivity contribution in [3.63, 3.8) is 0 Å². The molecule has 1 unspecified atom stereocenters. The normalized spacial score (nSPS) is 24.8. The highest BCUT2D eigenvalue weighted by Crippen LogP contribution is 2.20. The van der Waals surface area contributed by atoms with E-state index < -0.39 is 0 Å². The first-order valence-electron chi connectivity index (χ1n) is 4.94. The molecule has 0 aromatic heterocycles. The van der Waals surface area contributed by atoms with E-state index >= 15 is 0 Å². The number of nitrogens with one attached hydrogen (secondary N) is 1. The van der Waals surface area contributed by atoms with Gasteiger partial charge in [0.2, 0.25) is 0 Å². The Kier molecular flexibility index (Phi) is 3.53. The van der Waals surface area contributed by atoms with Crippen LogP contribution < -0.4 is 5.32 Å². The maximum atomic E-state index is 5.57. The lowest BCUT2D eigenvalue weighted by Gasteiger charge is -2.25. The van der Waals surface area contributed by atoms with Crippen LogP contribution >= 0.6 is 0 Å². The van der Waals surface area contributed by atoms with Crippen molar-refractivity contribution < 1.29 is 4.74 Å². The van der Waals surface area contributed by atoms with Crippen LogP contribution in [0, 0.1) is 0 Å². The average Bonchev–Trinajstić information content (AvgIpc) is 2.53. The Hall–Kier alpha value is -0.0800. The molecule has 2 nitrogen and oxygen atoms in total. The molecule has 0 radical (unpaired) electrons. The van der Waals surface area contributed by atoms with E-state index in [1.165, 1.54) is 25.7 Å². The second-order valence-corrected chi connectivity index (χ2v) is 4.31. The molecule has 0 aromatic rings. The fourth-order valence-electron chi connectivity index (χ4n) is 1.52. The fraction of sp³-hybridized carbons (Fsp3) is 1.00. The van der Waals surface area contributed by atoms with Crippen molar-refractivity contribution in [1.82, 2.24) is 5.32 Å². The monoisotopic (exact) mass is 171 g/mol. The van der Waals surface area contributed by atoms with Crippen molar-refractivity contribution in [1.29, 1.82) is 0 Å². The van der Waals surface area contributed by atoms with Gasteiger partial charge in [-0.15, -0.1) is 0 Å². The summed E-state index contributed by atoms with van der Waals surface area (Å²) in [7, 11) is 2.02. The van der Waals surface area contributed by atoms with E-state index in [9.17, 15) is 0 Å². The largest absolute Gasteiger partial charge is 0.378 e. The summed E-state index contributed by atoms with van der Waals surface area (Å²) in [6, 6.07) is 0. The Bertz CT molecular complexity index is 128. The molecule has 0 saturated carbocycles. The molecule has 1 N–H and O–H groups in total. The van der Waals surface area contributed by atoms with Crippen LogP contribution in [-0.2, 0) is 4.74 Å². The van der Waals surface area contributed by atoms with Gasteiger partial charge in [-0.2, -0.15) is 0 Å². The Morgan fingerprint density at radius 1 is 1.50 bits per heavy atom. The van der Waals surface area contributed by atoms with Crippen LogP contribution in [-0.4, -0.2) is 25.3 Å². The van der Waals surface area contributed by atoms with Gasteiger partial charge in [0.05, 0.1) is 6.10 Å². The van der Waals surface area contributed by atoms with Crippen LogP contribution in [0.1, 0.15) is 39.5 Å². The first kappa shape index (κ1) is 10.0. The highest BCUT2D eigenvalue weighted by atomic mass is 16.5.